The number of hydrogen-bond acceptors (Lipinski definition) is 2. The summed E-state index contributed by atoms with van der Waals surface area (Å²) in [6.45, 7) is 1.56. The molecule has 0 saturated heterocycles. The van der Waals surface area contributed by atoms with Crippen LogP contribution in [0, 0.1) is 23.6 Å². The number of rotatable bonds is 3. The highest BCUT2D eigenvalue weighted by Gasteiger charge is 2.23. The van der Waals surface area contributed by atoms with E-state index >= 15 is 0 Å². The van der Waals surface area contributed by atoms with Gasteiger partial charge in [0.05, 0.1) is 12.6 Å². The van der Waals surface area contributed by atoms with Crippen molar-refractivity contribution in [1.29, 1.82) is 0 Å². The first-order chi connectivity index (χ1) is 9.65. The van der Waals surface area contributed by atoms with Crippen molar-refractivity contribution >= 4 is 0 Å². The molecule has 0 heterocycles. The molecule has 1 saturated carbocycles. The van der Waals surface area contributed by atoms with Crippen LogP contribution in [0.3, 0.4) is 0 Å². The normalized spacial score (nSPS) is 22.4. The standard InChI is InChI=1S/C17H22FNO/c1-19(13-15-6-2-3-7-17(15)20)12-4-5-14-8-10-16(18)11-9-14/h8-11,15,17,20H,2-3,6-7,12-13H2,1H3. The maximum Gasteiger partial charge on any atom is 0.123 e. The van der Waals surface area contributed by atoms with E-state index in [-0.39, 0.29) is 11.9 Å². The molecule has 0 aromatic heterocycles. The fourth-order valence-electron chi connectivity index (χ4n) is 2.68. The van der Waals surface area contributed by atoms with Crippen LogP contribution >= 0.6 is 0 Å². The Labute approximate surface area is 120 Å². The van der Waals surface area contributed by atoms with Crippen LogP contribution < -0.4 is 0 Å². The Morgan fingerprint density at radius 2 is 1.95 bits per heavy atom. The first-order valence-electron chi connectivity index (χ1n) is 7.26. The van der Waals surface area contributed by atoms with Crippen molar-refractivity contribution in [1.82, 2.24) is 4.90 Å². The number of halogens is 1. The number of hydrogen-bond donors (Lipinski definition) is 1. The molecule has 0 bridgehead atoms. The summed E-state index contributed by atoms with van der Waals surface area (Å²) in [4.78, 5) is 2.15. The molecule has 1 N–H and O–H groups in total. The molecule has 0 spiro atoms. The molecule has 1 aromatic rings. The second-order valence-electron chi connectivity index (χ2n) is 5.62. The van der Waals surface area contributed by atoms with Crippen molar-refractivity contribution in [2.45, 2.75) is 31.8 Å². The summed E-state index contributed by atoms with van der Waals surface area (Å²) in [6, 6.07) is 6.22. The number of aliphatic hydroxyl groups excluding tert-OH is 1. The fourth-order valence-corrected chi connectivity index (χ4v) is 2.68. The highest BCUT2D eigenvalue weighted by atomic mass is 19.1. The summed E-state index contributed by atoms with van der Waals surface area (Å²) in [5.41, 5.74) is 0.831. The molecular formula is C17H22FNO. The monoisotopic (exact) mass is 275 g/mol. The summed E-state index contributed by atoms with van der Waals surface area (Å²) in [5, 5.41) is 9.95. The van der Waals surface area contributed by atoms with Crippen LogP contribution in [0.5, 0.6) is 0 Å². The third-order valence-corrected chi connectivity index (χ3v) is 3.84. The van der Waals surface area contributed by atoms with E-state index in [4.69, 9.17) is 0 Å². The molecule has 20 heavy (non-hydrogen) atoms. The van der Waals surface area contributed by atoms with Crippen LogP contribution in [0.4, 0.5) is 4.39 Å². The summed E-state index contributed by atoms with van der Waals surface area (Å²) < 4.78 is 12.8. The van der Waals surface area contributed by atoms with Crippen molar-refractivity contribution in [3.8, 4) is 11.8 Å². The Kier molecular flexibility index (Phi) is 5.58. The van der Waals surface area contributed by atoms with Crippen LogP contribution in [-0.2, 0) is 0 Å². The minimum atomic E-state index is -0.237. The second kappa shape index (κ2) is 7.42. The molecule has 2 unspecified atom stereocenters. The van der Waals surface area contributed by atoms with Crippen molar-refractivity contribution in [3.63, 3.8) is 0 Å². The van der Waals surface area contributed by atoms with E-state index in [1.165, 1.54) is 18.6 Å². The molecule has 3 heteroatoms. The lowest BCUT2D eigenvalue weighted by atomic mass is 9.86. The third-order valence-electron chi connectivity index (χ3n) is 3.84. The van der Waals surface area contributed by atoms with Gasteiger partial charge in [0.15, 0.2) is 0 Å². The van der Waals surface area contributed by atoms with Crippen molar-refractivity contribution in [2.24, 2.45) is 5.92 Å². The first-order valence-corrected chi connectivity index (χ1v) is 7.26. The van der Waals surface area contributed by atoms with Crippen LogP contribution in [0.25, 0.3) is 0 Å². The lowest BCUT2D eigenvalue weighted by Gasteiger charge is -2.30. The van der Waals surface area contributed by atoms with Gasteiger partial charge in [-0.15, -0.1) is 0 Å². The zero-order valence-electron chi connectivity index (χ0n) is 12.0. The molecular weight excluding hydrogens is 253 g/mol. The summed E-state index contributed by atoms with van der Waals surface area (Å²) in [7, 11) is 2.03. The molecule has 0 radical (unpaired) electrons. The maximum atomic E-state index is 12.8. The SMILES string of the molecule is CN(CC#Cc1ccc(F)cc1)CC1CCCCC1O. The zero-order valence-corrected chi connectivity index (χ0v) is 12.0. The molecule has 1 fully saturated rings. The Balaban J connectivity index is 1.80. The van der Waals surface area contributed by atoms with Gasteiger partial charge in [0.1, 0.15) is 5.82 Å². The highest BCUT2D eigenvalue weighted by molar-refractivity contribution is 5.34. The van der Waals surface area contributed by atoms with Gasteiger partial charge in [-0.2, -0.15) is 0 Å². The van der Waals surface area contributed by atoms with Gasteiger partial charge in [-0.1, -0.05) is 24.7 Å². The van der Waals surface area contributed by atoms with Crippen LogP contribution in [-0.4, -0.2) is 36.2 Å². The predicted octanol–water partition coefficient (Wildman–Crippen LogP) is 2.66. The van der Waals surface area contributed by atoms with E-state index in [1.807, 2.05) is 7.05 Å². The van der Waals surface area contributed by atoms with Crippen molar-refractivity contribution < 1.29 is 9.50 Å². The number of nitrogens with zero attached hydrogens (tertiary/aromatic N) is 1. The number of benzene rings is 1. The van der Waals surface area contributed by atoms with Gasteiger partial charge in [-0.3, -0.25) is 4.90 Å². The van der Waals surface area contributed by atoms with Crippen LogP contribution in [0.1, 0.15) is 31.2 Å². The van der Waals surface area contributed by atoms with E-state index in [9.17, 15) is 9.50 Å². The number of aliphatic hydroxyl groups is 1. The fraction of sp³-hybridized carbons (Fsp3) is 0.529. The third kappa shape index (κ3) is 4.63. The van der Waals surface area contributed by atoms with Gasteiger partial charge in [0.25, 0.3) is 0 Å². The molecule has 108 valence electrons. The van der Waals surface area contributed by atoms with Gasteiger partial charge in [-0.05, 0) is 50.1 Å². The van der Waals surface area contributed by atoms with Crippen molar-refractivity contribution in [3.05, 3.63) is 35.6 Å². The van der Waals surface area contributed by atoms with Crippen LogP contribution in [0.15, 0.2) is 24.3 Å². The minimum absolute atomic E-state index is 0.156. The van der Waals surface area contributed by atoms with E-state index in [2.05, 4.69) is 16.7 Å². The smallest absolute Gasteiger partial charge is 0.123 e. The second-order valence-corrected chi connectivity index (χ2v) is 5.62. The molecule has 0 aliphatic heterocycles. The minimum Gasteiger partial charge on any atom is -0.393 e. The molecule has 2 atom stereocenters. The quantitative estimate of drug-likeness (QED) is 0.857. The Morgan fingerprint density at radius 1 is 1.25 bits per heavy atom. The predicted molar refractivity (Wildman–Crippen MR) is 78.7 cm³/mol. The van der Waals surface area contributed by atoms with Gasteiger partial charge in [0.2, 0.25) is 0 Å². The lowest BCUT2D eigenvalue weighted by Crippen LogP contribution is -2.35. The van der Waals surface area contributed by atoms with Gasteiger partial charge < -0.3 is 5.11 Å². The van der Waals surface area contributed by atoms with E-state index in [0.717, 1.165) is 31.4 Å². The summed E-state index contributed by atoms with van der Waals surface area (Å²) in [5.74, 6) is 6.27. The van der Waals surface area contributed by atoms with E-state index in [0.29, 0.717) is 12.5 Å². The molecule has 2 nitrogen and oxygen atoms in total. The summed E-state index contributed by atoms with van der Waals surface area (Å²) in [6.07, 6.45) is 4.25. The summed E-state index contributed by atoms with van der Waals surface area (Å²) >= 11 is 0. The molecule has 1 aromatic carbocycles. The Bertz CT molecular complexity index is 474. The topological polar surface area (TPSA) is 23.5 Å². The molecule has 1 aliphatic rings. The van der Waals surface area contributed by atoms with Crippen LogP contribution in [0.2, 0.25) is 0 Å². The average Bonchev–Trinajstić information content (AvgIpc) is 2.44. The average molecular weight is 275 g/mol. The van der Waals surface area contributed by atoms with Gasteiger partial charge >= 0.3 is 0 Å². The Hall–Kier alpha value is -1.37. The zero-order chi connectivity index (χ0) is 14.4. The maximum absolute atomic E-state index is 12.8. The van der Waals surface area contributed by atoms with E-state index < -0.39 is 0 Å². The molecule has 1 aliphatic carbocycles. The van der Waals surface area contributed by atoms with Gasteiger partial charge in [-0.25, -0.2) is 4.39 Å². The molecule has 2 rings (SSSR count). The van der Waals surface area contributed by atoms with E-state index in [1.54, 1.807) is 12.1 Å². The van der Waals surface area contributed by atoms with Gasteiger partial charge in [0, 0.05) is 12.1 Å². The molecule has 0 amide bonds. The first kappa shape index (κ1) is 15.0. The lowest BCUT2D eigenvalue weighted by molar-refractivity contribution is 0.0536. The Morgan fingerprint density at radius 3 is 2.65 bits per heavy atom. The van der Waals surface area contributed by atoms with Crippen molar-refractivity contribution in [2.75, 3.05) is 20.1 Å². The largest absolute Gasteiger partial charge is 0.393 e. The highest BCUT2D eigenvalue weighted by Crippen LogP contribution is 2.24.